The number of thioether (sulfide) groups is 1. The first kappa shape index (κ1) is 19.0. The monoisotopic (exact) mass is 376 g/mol. The summed E-state index contributed by atoms with van der Waals surface area (Å²) >= 11 is -1.45. The first-order valence-corrected chi connectivity index (χ1v) is 7.13. The highest BCUT2D eigenvalue weighted by Gasteiger charge is 2.78. The molecule has 0 aliphatic rings. The molecule has 0 saturated carbocycles. The van der Waals surface area contributed by atoms with Gasteiger partial charge in [0.1, 0.15) is 11.6 Å². The summed E-state index contributed by atoms with van der Waals surface area (Å²) in [6.45, 7) is 0. The van der Waals surface area contributed by atoms with Gasteiger partial charge in [-0.15, -0.1) is 0 Å². The van der Waals surface area contributed by atoms with Gasteiger partial charge in [0, 0.05) is 11.0 Å². The van der Waals surface area contributed by atoms with E-state index in [4.69, 9.17) is 4.55 Å². The molecule has 0 bridgehead atoms. The molecule has 0 aliphatic heterocycles. The largest absolute Gasteiger partial charge is 0.438 e. The average Bonchev–Trinajstić information content (AvgIpc) is 2.30. The Morgan fingerprint density at radius 1 is 1.00 bits per heavy atom. The Hall–Kier alpha value is -1.08. The summed E-state index contributed by atoms with van der Waals surface area (Å²) in [6, 6.07) is 0.683. The molecule has 1 aromatic carbocycles. The number of hydrogen-bond donors (Lipinski definition) is 1. The topological polar surface area (TPSA) is 54.4 Å². The van der Waals surface area contributed by atoms with Crippen LogP contribution in [-0.4, -0.2) is 29.4 Å². The van der Waals surface area contributed by atoms with Crippen LogP contribution in [0.25, 0.3) is 0 Å². The van der Waals surface area contributed by atoms with Crippen molar-refractivity contribution < 1.29 is 48.1 Å². The van der Waals surface area contributed by atoms with Gasteiger partial charge in [0.15, 0.2) is 0 Å². The van der Waals surface area contributed by atoms with Crippen molar-refractivity contribution in [2.45, 2.75) is 21.3 Å². The molecule has 0 amide bonds. The third-order valence-electron chi connectivity index (χ3n) is 2.19. The summed E-state index contributed by atoms with van der Waals surface area (Å²) in [5, 5.41) is -12.4. The van der Waals surface area contributed by atoms with Gasteiger partial charge in [-0.25, -0.2) is 8.78 Å². The third-order valence-corrected chi connectivity index (χ3v) is 4.16. The molecule has 0 radical (unpaired) electrons. The maximum Gasteiger partial charge on any atom is 0.438 e. The zero-order valence-electron chi connectivity index (χ0n) is 9.84. The van der Waals surface area contributed by atoms with Crippen LogP contribution >= 0.6 is 11.8 Å². The fourth-order valence-corrected chi connectivity index (χ4v) is 2.43. The van der Waals surface area contributed by atoms with E-state index < -0.39 is 54.8 Å². The van der Waals surface area contributed by atoms with Gasteiger partial charge in [-0.05, 0) is 23.9 Å². The minimum absolute atomic E-state index is 0.0253. The van der Waals surface area contributed by atoms with Crippen molar-refractivity contribution in [3.05, 3.63) is 29.8 Å². The van der Waals surface area contributed by atoms with Crippen molar-refractivity contribution in [2.75, 3.05) is 0 Å². The first-order valence-electron chi connectivity index (χ1n) is 4.88. The highest BCUT2D eigenvalue weighted by molar-refractivity contribution is 8.00. The third kappa shape index (κ3) is 3.15. The fraction of sp³-hybridized carbons (Fsp3) is 0.333. The second kappa shape index (κ2) is 5.53. The van der Waals surface area contributed by atoms with Crippen molar-refractivity contribution in [3.8, 4) is 0 Å². The number of hydrogen-bond acceptors (Lipinski definition) is 3. The quantitative estimate of drug-likeness (QED) is 0.483. The van der Waals surface area contributed by atoms with Crippen LogP contribution in [0.2, 0.25) is 0 Å². The molecule has 0 aliphatic carbocycles. The second-order valence-corrected chi connectivity index (χ2v) is 6.38. The highest BCUT2D eigenvalue weighted by atomic mass is 32.2. The Kier molecular flexibility index (Phi) is 4.76. The predicted molar refractivity (Wildman–Crippen MR) is 58.6 cm³/mol. The summed E-state index contributed by atoms with van der Waals surface area (Å²) in [5.41, 5.74) is 0. The van der Waals surface area contributed by atoms with Gasteiger partial charge in [0.2, 0.25) is 0 Å². The normalized spacial score (nSPS) is 14.2. The maximum atomic E-state index is 13.3. The van der Waals surface area contributed by atoms with Gasteiger partial charge >= 0.3 is 26.5 Å². The van der Waals surface area contributed by atoms with Crippen molar-refractivity contribution in [3.63, 3.8) is 0 Å². The van der Waals surface area contributed by atoms with Crippen molar-refractivity contribution in [1.29, 1.82) is 0 Å². The molecule has 13 heteroatoms. The molecular formula is C9H4F8O3S2. The van der Waals surface area contributed by atoms with Gasteiger partial charge in [-0.1, -0.05) is 0 Å². The smallest absolute Gasteiger partial charge is 0.281 e. The zero-order chi connectivity index (χ0) is 17.6. The summed E-state index contributed by atoms with van der Waals surface area (Å²) in [6.07, 6.45) is 0. The molecule has 22 heavy (non-hydrogen) atoms. The molecule has 0 heterocycles. The van der Waals surface area contributed by atoms with Crippen LogP contribution in [0.3, 0.4) is 0 Å². The Morgan fingerprint density at radius 3 is 1.91 bits per heavy atom. The van der Waals surface area contributed by atoms with Crippen molar-refractivity contribution in [1.82, 2.24) is 0 Å². The van der Waals surface area contributed by atoms with Crippen LogP contribution in [0, 0.1) is 11.6 Å². The lowest BCUT2D eigenvalue weighted by molar-refractivity contribution is -0.242. The van der Waals surface area contributed by atoms with Crippen LogP contribution in [-0.2, 0) is 10.1 Å². The molecular weight excluding hydrogens is 372 g/mol. The summed E-state index contributed by atoms with van der Waals surface area (Å²) in [7, 11) is -6.88. The molecule has 0 aromatic heterocycles. The summed E-state index contributed by atoms with van der Waals surface area (Å²) in [4.78, 5) is -1.34. The lowest BCUT2D eigenvalue weighted by Gasteiger charge is -2.30. The van der Waals surface area contributed by atoms with E-state index in [0.717, 1.165) is 0 Å². The number of alkyl halides is 6. The van der Waals surface area contributed by atoms with Crippen LogP contribution < -0.4 is 0 Å². The molecule has 0 saturated heterocycles. The van der Waals surface area contributed by atoms with Crippen LogP contribution in [0.15, 0.2) is 23.1 Å². The van der Waals surface area contributed by atoms with Gasteiger partial charge in [-0.3, -0.25) is 4.55 Å². The number of halogens is 8. The standard InChI is InChI=1S/C9H4F8O3S2/c10-4-1-2-6(5(11)3-4)21-8(14,15)7(12,13)9(16,17)22(18,19)20/h1-3H,(H,18,19,20). The van der Waals surface area contributed by atoms with Crippen LogP contribution in [0.1, 0.15) is 0 Å². The van der Waals surface area contributed by atoms with Gasteiger partial charge in [-0.2, -0.15) is 34.8 Å². The minimum Gasteiger partial charge on any atom is -0.281 e. The van der Waals surface area contributed by atoms with E-state index in [2.05, 4.69) is 0 Å². The van der Waals surface area contributed by atoms with E-state index in [-0.39, 0.29) is 12.1 Å². The molecule has 1 aromatic rings. The second-order valence-electron chi connectivity index (χ2n) is 3.76. The van der Waals surface area contributed by atoms with Crippen LogP contribution in [0.5, 0.6) is 0 Å². The van der Waals surface area contributed by atoms with E-state index in [9.17, 15) is 43.5 Å². The van der Waals surface area contributed by atoms with Gasteiger partial charge in [0.25, 0.3) is 0 Å². The minimum atomic E-state index is -6.88. The van der Waals surface area contributed by atoms with Gasteiger partial charge in [0.05, 0.1) is 0 Å². The van der Waals surface area contributed by atoms with E-state index in [0.29, 0.717) is 6.07 Å². The van der Waals surface area contributed by atoms with Crippen LogP contribution in [0.4, 0.5) is 35.1 Å². The molecule has 0 unspecified atom stereocenters. The molecule has 1 rings (SSSR count). The van der Waals surface area contributed by atoms with E-state index in [1.165, 1.54) is 0 Å². The lowest BCUT2D eigenvalue weighted by Crippen LogP contribution is -2.56. The SMILES string of the molecule is O=S(=O)(O)C(F)(F)C(F)(F)C(F)(F)Sc1ccc(F)cc1F. The van der Waals surface area contributed by atoms with Gasteiger partial charge < -0.3 is 0 Å². The number of rotatable bonds is 5. The predicted octanol–water partition coefficient (Wildman–Crippen LogP) is 3.77. The molecule has 3 nitrogen and oxygen atoms in total. The summed E-state index contributed by atoms with van der Waals surface area (Å²) in [5.74, 6) is -9.59. The van der Waals surface area contributed by atoms with E-state index in [1.807, 2.05) is 0 Å². The molecule has 126 valence electrons. The molecule has 0 spiro atoms. The molecule has 0 atom stereocenters. The molecule has 1 N–H and O–H groups in total. The Balaban J connectivity index is 3.27. The Morgan fingerprint density at radius 2 is 1.50 bits per heavy atom. The lowest BCUT2D eigenvalue weighted by atomic mass is 10.3. The Bertz CT molecular complexity index is 673. The Labute approximate surface area is 122 Å². The number of benzene rings is 1. The fourth-order valence-electron chi connectivity index (χ4n) is 1.09. The zero-order valence-corrected chi connectivity index (χ0v) is 11.5. The maximum absolute atomic E-state index is 13.3. The first-order chi connectivity index (χ1) is 9.63. The molecule has 0 fully saturated rings. The summed E-state index contributed by atoms with van der Waals surface area (Å²) < 4.78 is 132. The van der Waals surface area contributed by atoms with E-state index >= 15 is 0 Å². The van der Waals surface area contributed by atoms with Crippen molar-refractivity contribution in [2.24, 2.45) is 0 Å². The van der Waals surface area contributed by atoms with E-state index in [1.54, 1.807) is 0 Å². The average molecular weight is 376 g/mol. The van der Waals surface area contributed by atoms with Crippen molar-refractivity contribution >= 4 is 21.9 Å². The highest BCUT2D eigenvalue weighted by Crippen LogP contribution is 2.55.